The minimum atomic E-state index is 0.600. The predicted octanol–water partition coefficient (Wildman–Crippen LogP) is 2.59. The van der Waals surface area contributed by atoms with Crippen molar-refractivity contribution in [1.82, 2.24) is 10.2 Å². The normalized spacial score (nSPS) is 29.6. The number of hydrogen-bond acceptors (Lipinski definition) is 3. The Morgan fingerprint density at radius 1 is 1.25 bits per heavy atom. The van der Waals surface area contributed by atoms with E-state index in [1.54, 1.807) is 0 Å². The smallest absolute Gasteiger partial charge is 0.0219 e. The number of nitrogens with one attached hydrogen (secondary N) is 1. The second-order valence-corrected chi connectivity index (χ2v) is 7.22. The molecule has 0 radical (unpaired) electrons. The Kier molecular flexibility index (Phi) is 6.16. The van der Waals surface area contributed by atoms with Gasteiger partial charge < -0.3 is 5.32 Å². The summed E-state index contributed by atoms with van der Waals surface area (Å²) in [6, 6.07) is 1.32. The Hall–Kier alpha value is 0.270. The highest BCUT2D eigenvalue weighted by Crippen LogP contribution is 2.26. The highest BCUT2D eigenvalue weighted by Gasteiger charge is 2.26. The third-order valence-corrected chi connectivity index (χ3v) is 4.42. The molecule has 0 amide bonds. The van der Waals surface area contributed by atoms with Crippen LogP contribution < -0.4 is 5.32 Å². The Labute approximate surface area is 106 Å². The van der Waals surface area contributed by atoms with Crippen LogP contribution in [0, 0.1) is 0 Å². The number of hydrogen-bond donors (Lipinski definition) is 1. The van der Waals surface area contributed by atoms with Crippen molar-refractivity contribution in [2.45, 2.75) is 63.6 Å². The van der Waals surface area contributed by atoms with E-state index in [2.05, 4.69) is 56.6 Å². The lowest BCUT2D eigenvalue weighted by Crippen LogP contribution is -2.50. The summed E-state index contributed by atoms with van der Waals surface area (Å²) < 4.78 is 0. The van der Waals surface area contributed by atoms with Crippen LogP contribution in [0.3, 0.4) is 0 Å². The van der Waals surface area contributed by atoms with E-state index in [0.717, 1.165) is 17.0 Å². The molecular formula is C13H28N2S. The van der Waals surface area contributed by atoms with Crippen molar-refractivity contribution >= 4 is 11.8 Å². The average molecular weight is 244 g/mol. The molecule has 0 aromatic rings. The van der Waals surface area contributed by atoms with Crippen LogP contribution in [0.4, 0.5) is 0 Å². The summed E-state index contributed by atoms with van der Waals surface area (Å²) in [6.07, 6.45) is 1.25. The van der Waals surface area contributed by atoms with Gasteiger partial charge in [0.1, 0.15) is 0 Å². The van der Waals surface area contributed by atoms with Gasteiger partial charge in [0.2, 0.25) is 0 Å². The van der Waals surface area contributed by atoms with Gasteiger partial charge in [-0.2, -0.15) is 11.8 Å². The monoisotopic (exact) mass is 244 g/mol. The molecule has 0 bridgehead atoms. The van der Waals surface area contributed by atoms with Crippen molar-refractivity contribution in [3.05, 3.63) is 0 Å². The maximum Gasteiger partial charge on any atom is 0.0219 e. The van der Waals surface area contributed by atoms with Gasteiger partial charge in [0, 0.05) is 42.2 Å². The first-order valence-corrected chi connectivity index (χ1v) is 7.60. The highest BCUT2D eigenvalue weighted by atomic mass is 32.2. The molecule has 1 fully saturated rings. The van der Waals surface area contributed by atoms with Crippen LogP contribution in [0.2, 0.25) is 0 Å². The second kappa shape index (κ2) is 6.87. The van der Waals surface area contributed by atoms with Crippen LogP contribution in [0.25, 0.3) is 0 Å². The zero-order valence-corrected chi connectivity index (χ0v) is 12.3. The van der Waals surface area contributed by atoms with Crippen LogP contribution >= 0.6 is 11.8 Å². The predicted molar refractivity (Wildman–Crippen MR) is 75.3 cm³/mol. The SMILES string of the molecule is CCC(CNC(C)C)N1CC(C)SC(C)C1. The molecule has 0 aliphatic carbocycles. The lowest BCUT2D eigenvalue weighted by atomic mass is 10.1. The first-order valence-electron chi connectivity index (χ1n) is 6.65. The topological polar surface area (TPSA) is 15.3 Å². The fourth-order valence-corrected chi connectivity index (χ4v) is 3.77. The molecule has 3 unspecified atom stereocenters. The molecule has 16 heavy (non-hydrogen) atoms. The van der Waals surface area contributed by atoms with E-state index < -0.39 is 0 Å². The van der Waals surface area contributed by atoms with Gasteiger partial charge in [0.25, 0.3) is 0 Å². The number of nitrogens with zero attached hydrogens (tertiary/aromatic N) is 1. The van der Waals surface area contributed by atoms with Gasteiger partial charge in [-0.05, 0) is 6.42 Å². The molecule has 0 saturated carbocycles. The summed E-state index contributed by atoms with van der Waals surface area (Å²) in [5.41, 5.74) is 0. The van der Waals surface area contributed by atoms with Gasteiger partial charge in [0.05, 0.1) is 0 Å². The maximum atomic E-state index is 3.57. The third kappa shape index (κ3) is 4.64. The number of thioether (sulfide) groups is 1. The van der Waals surface area contributed by atoms with E-state index in [9.17, 15) is 0 Å². The molecule has 1 aliphatic heterocycles. The molecule has 1 aliphatic rings. The van der Waals surface area contributed by atoms with Gasteiger partial charge in [-0.15, -0.1) is 0 Å². The Morgan fingerprint density at radius 2 is 1.81 bits per heavy atom. The molecule has 3 atom stereocenters. The minimum Gasteiger partial charge on any atom is -0.313 e. The van der Waals surface area contributed by atoms with Gasteiger partial charge in [-0.25, -0.2) is 0 Å². The standard InChI is InChI=1S/C13H28N2S/c1-6-13(7-14-10(2)3)15-8-11(4)16-12(5)9-15/h10-14H,6-9H2,1-5H3. The molecule has 0 aromatic heterocycles. The number of rotatable bonds is 5. The van der Waals surface area contributed by atoms with Crippen molar-refractivity contribution < 1.29 is 0 Å². The van der Waals surface area contributed by atoms with Crippen molar-refractivity contribution in [3.63, 3.8) is 0 Å². The minimum absolute atomic E-state index is 0.600. The molecular weight excluding hydrogens is 216 g/mol. The lowest BCUT2D eigenvalue weighted by Gasteiger charge is -2.40. The quantitative estimate of drug-likeness (QED) is 0.800. The van der Waals surface area contributed by atoms with E-state index in [1.165, 1.54) is 19.5 Å². The molecule has 0 spiro atoms. The van der Waals surface area contributed by atoms with Crippen LogP contribution in [-0.2, 0) is 0 Å². The first kappa shape index (κ1) is 14.3. The third-order valence-electron chi connectivity index (χ3n) is 3.20. The molecule has 96 valence electrons. The van der Waals surface area contributed by atoms with Crippen LogP contribution in [0.1, 0.15) is 41.0 Å². The molecule has 2 nitrogen and oxygen atoms in total. The zero-order chi connectivity index (χ0) is 12.1. The zero-order valence-electron chi connectivity index (χ0n) is 11.5. The molecule has 3 heteroatoms. The summed E-state index contributed by atoms with van der Waals surface area (Å²) in [6.45, 7) is 15.1. The molecule has 0 aromatic carbocycles. The van der Waals surface area contributed by atoms with E-state index in [-0.39, 0.29) is 0 Å². The van der Waals surface area contributed by atoms with Gasteiger partial charge in [-0.3, -0.25) is 4.90 Å². The summed E-state index contributed by atoms with van der Waals surface area (Å²) in [5.74, 6) is 0. The maximum absolute atomic E-state index is 3.57. The van der Waals surface area contributed by atoms with Crippen molar-refractivity contribution in [1.29, 1.82) is 0 Å². The van der Waals surface area contributed by atoms with Crippen LogP contribution in [-0.4, -0.2) is 47.1 Å². The van der Waals surface area contributed by atoms with Crippen LogP contribution in [0.15, 0.2) is 0 Å². The molecule has 1 rings (SSSR count). The summed E-state index contributed by atoms with van der Waals surface area (Å²) in [7, 11) is 0. The fraction of sp³-hybridized carbons (Fsp3) is 1.00. The first-order chi connectivity index (χ1) is 7.52. The van der Waals surface area contributed by atoms with Gasteiger partial charge >= 0.3 is 0 Å². The molecule has 1 N–H and O–H groups in total. The summed E-state index contributed by atoms with van der Waals surface area (Å²) in [4.78, 5) is 2.68. The fourth-order valence-electron chi connectivity index (χ4n) is 2.42. The van der Waals surface area contributed by atoms with Gasteiger partial charge in [-0.1, -0.05) is 34.6 Å². The summed E-state index contributed by atoms with van der Waals surface area (Å²) >= 11 is 2.14. The van der Waals surface area contributed by atoms with Crippen molar-refractivity contribution in [2.75, 3.05) is 19.6 Å². The second-order valence-electron chi connectivity index (χ2n) is 5.34. The highest BCUT2D eigenvalue weighted by molar-refractivity contribution is 8.00. The Morgan fingerprint density at radius 3 is 2.25 bits per heavy atom. The van der Waals surface area contributed by atoms with E-state index in [4.69, 9.17) is 0 Å². The average Bonchev–Trinajstić information content (AvgIpc) is 2.16. The lowest BCUT2D eigenvalue weighted by molar-refractivity contribution is 0.182. The van der Waals surface area contributed by atoms with Crippen molar-refractivity contribution in [3.8, 4) is 0 Å². The summed E-state index contributed by atoms with van der Waals surface area (Å²) in [5, 5.41) is 5.15. The van der Waals surface area contributed by atoms with E-state index in [1.807, 2.05) is 0 Å². The van der Waals surface area contributed by atoms with Gasteiger partial charge in [0.15, 0.2) is 0 Å². The molecule has 1 saturated heterocycles. The van der Waals surface area contributed by atoms with Crippen molar-refractivity contribution in [2.24, 2.45) is 0 Å². The van der Waals surface area contributed by atoms with E-state index in [0.29, 0.717) is 12.1 Å². The van der Waals surface area contributed by atoms with Crippen LogP contribution in [0.5, 0.6) is 0 Å². The Balaban J connectivity index is 2.44. The largest absolute Gasteiger partial charge is 0.313 e. The van der Waals surface area contributed by atoms with E-state index >= 15 is 0 Å². The molecule has 1 heterocycles. The Bertz CT molecular complexity index is 186.